The molecular weight excluding hydrogens is 212 g/mol. The number of pyridine rings is 1. The lowest BCUT2D eigenvalue weighted by atomic mass is 10.0. The van der Waals surface area contributed by atoms with Gasteiger partial charge in [-0.2, -0.15) is 0 Å². The summed E-state index contributed by atoms with van der Waals surface area (Å²) in [7, 11) is 0. The predicted molar refractivity (Wildman–Crippen MR) is 69.0 cm³/mol. The van der Waals surface area contributed by atoms with E-state index in [4.69, 9.17) is 5.73 Å². The smallest absolute Gasteiger partial charge is 0.163 e. The predicted octanol–water partition coefficient (Wildman–Crippen LogP) is 2.55. The molecule has 0 atom stereocenters. The molecule has 88 valence electrons. The van der Waals surface area contributed by atoms with Crippen LogP contribution in [-0.2, 0) is 0 Å². The fraction of sp³-hybridized carbons (Fsp3) is 0.286. The molecule has 17 heavy (non-hydrogen) atoms. The highest BCUT2D eigenvalue weighted by atomic mass is 16.1. The summed E-state index contributed by atoms with van der Waals surface area (Å²) < 4.78 is 0. The molecule has 0 fully saturated rings. The molecule has 0 unspecified atom stereocenters. The fourth-order valence-electron chi connectivity index (χ4n) is 1.91. The number of hydrogen-bond acceptors (Lipinski definition) is 3. The Kier molecular flexibility index (Phi) is 3.83. The summed E-state index contributed by atoms with van der Waals surface area (Å²) in [5.41, 5.74) is 7.07. The van der Waals surface area contributed by atoms with Crippen molar-refractivity contribution < 1.29 is 4.79 Å². The van der Waals surface area contributed by atoms with E-state index in [9.17, 15) is 4.79 Å². The van der Waals surface area contributed by atoms with E-state index in [0.29, 0.717) is 13.0 Å². The van der Waals surface area contributed by atoms with Crippen LogP contribution in [0.5, 0.6) is 0 Å². The van der Waals surface area contributed by atoms with Crippen molar-refractivity contribution in [1.29, 1.82) is 0 Å². The molecular formula is C14H16N2O. The van der Waals surface area contributed by atoms with E-state index in [0.717, 1.165) is 29.3 Å². The van der Waals surface area contributed by atoms with E-state index in [-0.39, 0.29) is 5.78 Å². The van der Waals surface area contributed by atoms with Gasteiger partial charge in [0.15, 0.2) is 5.78 Å². The van der Waals surface area contributed by atoms with Crippen LogP contribution in [0.15, 0.2) is 36.5 Å². The highest BCUT2D eigenvalue weighted by molar-refractivity contribution is 6.07. The minimum atomic E-state index is 0.178. The lowest BCUT2D eigenvalue weighted by molar-refractivity contribution is 0.0981. The second-order valence-electron chi connectivity index (χ2n) is 4.04. The maximum absolute atomic E-state index is 12.1. The third kappa shape index (κ3) is 2.68. The number of rotatable bonds is 5. The molecule has 1 aromatic heterocycles. The van der Waals surface area contributed by atoms with Crippen molar-refractivity contribution in [2.45, 2.75) is 19.3 Å². The second kappa shape index (κ2) is 5.55. The van der Waals surface area contributed by atoms with Gasteiger partial charge in [0.1, 0.15) is 0 Å². The third-order valence-corrected chi connectivity index (χ3v) is 2.80. The van der Waals surface area contributed by atoms with E-state index in [1.807, 2.05) is 30.3 Å². The molecule has 0 aliphatic rings. The summed E-state index contributed by atoms with van der Waals surface area (Å²) in [6.45, 7) is 0.643. The van der Waals surface area contributed by atoms with Gasteiger partial charge in [-0.3, -0.25) is 9.78 Å². The molecule has 2 aromatic rings. The Balaban J connectivity index is 2.26. The number of Topliss-reactive ketones (excluding diaryl/α,β-unsaturated/α-hetero) is 1. The van der Waals surface area contributed by atoms with Crippen molar-refractivity contribution in [2.75, 3.05) is 6.54 Å². The molecule has 0 saturated carbocycles. The Bertz CT molecular complexity index is 517. The van der Waals surface area contributed by atoms with Gasteiger partial charge in [-0.15, -0.1) is 0 Å². The number of aromatic nitrogens is 1. The number of carbonyl (C=O) groups excluding carboxylic acids is 1. The molecule has 3 heteroatoms. The van der Waals surface area contributed by atoms with Gasteiger partial charge in [0, 0.05) is 23.6 Å². The second-order valence-corrected chi connectivity index (χ2v) is 4.04. The zero-order valence-electron chi connectivity index (χ0n) is 9.73. The Morgan fingerprint density at radius 1 is 1.18 bits per heavy atom. The molecule has 2 N–H and O–H groups in total. The van der Waals surface area contributed by atoms with Gasteiger partial charge in [-0.1, -0.05) is 18.2 Å². The molecule has 0 spiro atoms. The van der Waals surface area contributed by atoms with E-state index >= 15 is 0 Å². The number of fused-ring (bicyclic) bond motifs is 1. The fourth-order valence-corrected chi connectivity index (χ4v) is 1.91. The van der Waals surface area contributed by atoms with Crippen molar-refractivity contribution in [2.24, 2.45) is 5.73 Å². The number of benzene rings is 1. The maximum atomic E-state index is 12.1. The van der Waals surface area contributed by atoms with Crippen LogP contribution in [0.2, 0.25) is 0 Å². The Labute approximate surface area is 101 Å². The first-order valence-electron chi connectivity index (χ1n) is 5.90. The first-order valence-corrected chi connectivity index (χ1v) is 5.90. The third-order valence-electron chi connectivity index (χ3n) is 2.80. The standard InChI is InChI=1S/C14H16N2O/c15-9-2-1-8-14(17)12-5-3-7-13-11(12)6-4-10-16-13/h3-7,10H,1-2,8-9,15H2. The topological polar surface area (TPSA) is 56.0 Å². The van der Waals surface area contributed by atoms with Crippen LogP contribution < -0.4 is 5.73 Å². The van der Waals surface area contributed by atoms with Crippen molar-refractivity contribution >= 4 is 16.7 Å². The van der Waals surface area contributed by atoms with Crippen molar-refractivity contribution in [1.82, 2.24) is 4.98 Å². The summed E-state index contributed by atoms with van der Waals surface area (Å²) in [6, 6.07) is 9.48. The number of ketones is 1. The molecule has 0 amide bonds. The Morgan fingerprint density at radius 3 is 2.88 bits per heavy atom. The summed E-state index contributed by atoms with van der Waals surface area (Å²) in [5.74, 6) is 0.178. The summed E-state index contributed by atoms with van der Waals surface area (Å²) >= 11 is 0. The zero-order chi connectivity index (χ0) is 12.1. The van der Waals surface area contributed by atoms with Gasteiger partial charge in [0.25, 0.3) is 0 Å². The Morgan fingerprint density at radius 2 is 2.06 bits per heavy atom. The normalized spacial score (nSPS) is 10.6. The van der Waals surface area contributed by atoms with Gasteiger partial charge < -0.3 is 5.73 Å². The monoisotopic (exact) mass is 228 g/mol. The molecule has 0 aliphatic heterocycles. The molecule has 0 bridgehead atoms. The van der Waals surface area contributed by atoms with Crippen LogP contribution in [-0.4, -0.2) is 17.3 Å². The minimum Gasteiger partial charge on any atom is -0.330 e. The van der Waals surface area contributed by atoms with E-state index in [2.05, 4.69) is 4.98 Å². The van der Waals surface area contributed by atoms with Crippen LogP contribution >= 0.6 is 0 Å². The number of carbonyl (C=O) groups is 1. The largest absolute Gasteiger partial charge is 0.330 e. The van der Waals surface area contributed by atoms with E-state index < -0.39 is 0 Å². The number of hydrogen-bond donors (Lipinski definition) is 1. The average Bonchev–Trinajstić information content (AvgIpc) is 2.38. The highest BCUT2D eigenvalue weighted by Gasteiger charge is 2.09. The number of nitrogens with zero attached hydrogens (tertiary/aromatic N) is 1. The average molecular weight is 228 g/mol. The molecule has 3 nitrogen and oxygen atoms in total. The number of unbranched alkanes of at least 4 members (excludes halogenated alkanes) is 1. The first-order chi connectivity index (χ1) is 8.33. The quantitative estimate of drug-likeness (QED) is 0.632. The lowest BCUT2D eigenvalue weighted by Crippen LogP contribution is -2.03. The van der Waals surface area contributed by atoms with Crippen LogP contribution in [0.4, 0.5) is 0 Å². The van der Waals surface area contributed by atoms with Crippen LogP contribution in [0.3, 0.4) is 0 Å². The van der Waals surface area contributed by atoms with Crippen LogP contribution in [0.25, 0.3) is 10.9 Å². The minimum absolute atomic E-state index is 0.178. The van der Waals surface area contributed by atoms with Crippen LogP contribution in [0.1, 0.15) is 29.6 Å². The lowest BCUT2D eigenvalue weighted by Gasteiger charge is -2.04. The van der Waals surface area contributed by atoms with E-state index in [1.54, 1.807) is 6.20 Å². The maximum Gasteiger partial charge on any atom is 0.163 e. The SMILES string of the molecule is NCCCCC(=O)c1cccc2ncccc12. The molecule has 0 saturated heterocycles. The van der Waals surface area contributed by atoms with E-state index in [1.165, 1.54) is 0 Å². The summed E-state index contributed by atoms with van der Waals surface area (Å²) in [5, 5.41) is 0.938. The highest BCUT2D eigenvalue weighted by Crippen LogP contribution is 2.18. The first kappa shape index (κ1) is 11.7. The summed E-state index contributed by atoms with van der Waals surface area (Å²) in [4.78, 5) is 16.3. The Hall–Kier alpha value is -1.74. The zero-order valence-corrected chi connectivity index (χ0v) is 9.73. The van der Waals surface area contributed by atoms with Crippen molar-refractivity contribution in [3.63, 3.8) is 0 Å². The van der Waals surface area contributed by atoms with Gasteiger partial charge >= 0.3 is 0 Å². The molecule has 0 radical (unpaired) electrons. The van der Waals surface area contributed by atoms with Gasteiger partial charge in [-0.05, 0) is 31.5 Å². The summed E-state index contributed by atoms with van der Waals surface area (Å²) in [6.07, 6.45) is 4.05. The van der Waals surface area contributed by atoms with Gasteiger partial charge in [0.2, 0.25) is 0 Å². The van der Waals surface area contributed by atoms with Crippen molar-refractivity contribution in [3.05, 3.63) is 42.1 Å². The molecule has 1 heterocycles. The van der Waals surface area contributed by atoms with Crippen molar-refractivity contribution in [3.8, 4) is 0 Å². The molecule has 0 aliphatic carbocycles. The molecule has 2 rings (SSSR count). The van der Waals surface area contributed by atoms with Gasteiger partial charge in [-0.25, -0.2) is 0 Å². The van der Waals surface area contributed by atoms with Gasteiger partial charge in [0.05, 0.1) is 5.52 Å². The molecule has 1 aromatic carbocycles. The van der Waals surface area contributed by atoms with Crippen LogP contribution in [0, 0.1) is 0 Å². The number of nitrogens with two attached hydrogens (primary N) is 1.